The number of rotatable bonds is 7. The summed E-state index contributed by atoms with van der Waals surface area (Å²) in [6, 6.07) is 4.31. The predicted molar refractivity (Wildman–Crippen MR) is 135 cm³/mol. The van der Waals surface area contributed by atoms with Gasteiger partial charge in [-0.25, -0.2) is 9.48 Å². The molecule has 3 heterocycles. The van der Waals surface area contributed by atoms with Gasteiger partial charge in [0.1, 0.15) is 35.2 Å². The molecule has 1 fully saturated rings. The Morgan fingerprint density at radius 1 is 1.33 bits per heavy atom. The summed E-state index contributed by atoms with van der Waals surface area (Å²) in [4.78, 5) is 39.2. The standard InChI is InChI=1S/C24H33N7O5.H2/c1-15(2)22-18(35-17-8-9-29(12-17)23(34)36-24(3,4)5)10-21(33)31(28-22)13-20(32)27-16-6-7-19(26)30(11-16)14-25;/h6-7,10-11,14-15,17,25-26H,8-9,12-13H2,1-5H3,(H,27,32);1H. The molecule has 12 heteroatoms. The van der Waals surface area contributed by atoms with Gasteiger partial charge in [-0.3, -0.25) is 25.0 Å². The van der Waals surface area contributed by atoms with Gasteiger partial charge in [0, 0.05) is 32.6 Å². The van der Waals surface area contributed by atoms with E-state index < -0.39 is 23.2 Å². The Kier molecular flexibility index (Phi) is 7.96. The lowest BCUT2D eigenvalue weighted by atomic mass is 10.1. The van der Waals surface area contributed by atoms with Crippen LogP contribution < -0.4 is 21.1 Å². The zero-order chi connectivity index (χ0) is 26.6. The van der Waals surface area contributed by atoms with Crippen molar-refractivity contribution in [3.8, 4) is 5.75 Å². The molecular formula is C24H35N7O5. The zero-order valence-corrected chi connectivity index (χ0v) is 21.2. The lowest BCUT2D eigenvalue weighted by Crippen LogP contribution is -2.36. The molecule has 1 aliphatic rings. The number of likely N-dealkylation sites (tertiary alicyclic amines) is 1. The maximum absolute atomic E-state index is 12.7. The highest BCUT2D eigenvalue weighted by Crippen LogP contribution is 2.26. The molecule has 1 saturated heterocycles. The van der Waals surface area contributed by atoms with Crippen LogP contribution in [0.2, 0.25) is 0 Å². The van der Waals surface area contributed by atoms with Gasteiger partial charge >= 0.3 is 6.09 Å². The summed E-state index contributed by atoms with van der Waals surface area (Å²) in [5.74, 6) is -0.235. The van der Waals surface area contributed by atoms with E-state index in [0.29, 0.717) is 36.6 Å². The molecule has 1 aliphatic heterocycles. The fraction of sp³-hybridized carbons (Fsp3) is 0.500. The number of amides is 2. The van der Waals surface area contributed by atoms with Crippen molar-refractivity contribution in [3.63, 3.8) is 0 Å². The molecule has 0 aromatic carbocycles. The molecule has 1 atom stereocenters. The molecule has 12 nitrogen and oxygen atoms in total. The number of pyridine rings is 1. The molecule has 2 aromatic heterocycles. The number of anilines is 1. The average molecular weight is 502 g/mol. The third-order valence-corrected chi connectivity index (χ3v) is 5.32. The van der Waals surface area contributed by atoms with Crippen molar-refractivity contribution < 1.29 is 20.5 Å². The van der Waals surface area contributed by atoms with Gasteiger partial charge in [-0.05, 0) is 32.9 Å². The molecule has 0 radical (unpaired) electrons. The molecule has 1 unspecified atom stereocenters. The zero-order valence-electron chi connectivity index (χ0n) is 21.2. The summed E-state index contributed by atoms with van der Waals surface area (Å²) in [5, 5.41) is 22.0. The first-order chi connectivity index (χ1) is 16.9. The highest BCUT2D eigenvalue weighted by atomic mass is 16.6. The van der Waals surface area contributed by atoms with Gasteiger partial charge in [0.15, 0.2) is 0 Å². The summed E-state index contributed by atoms with van der Waals surface area (Å²) in [7, 11) is 0. The summed E-state index contributed by atoms with van der Waals surface area (Å²) in [6.45, 7) is 9.75. The molecule has 36 heavy (non-hydrogen) atoms. The van der Waals surface area contributed by atoms with Crippen molar-refractivity contribution in [3.05, 3.63) is 45.9 Å². The Bertz CT molecular complexity index is 1270. The summed E-state index contributed by atoms with van der Waals surface area (Å²) in [5.41, 5.74) is -0.0868. The van der Waals surface area contributed by atoms with Gasteiger partial charge in [-0.2, -0.15) is 5.10 Å². The van der Waals surface area contributed by atoms with E-state index in [1.54, 1.807) is 4.90 Å². The van der Waals surface area contributed by atoms with E-state index in [-0.39, 0.29) is 25.5 Å². The highest BCUT2D eigenvalue weighted by molar-refractivity contribution is 5.90. The second-order valence-electron chi connectivity index (χ2n) is 9.89. The number of hydrogen-bond donors (Lipinski definition) is 3. The Hall–Kier alpha value is -3.96. The summed E-state index contributed by atoms with van der Waals surface area (Å²) < 4.78 is 13.8. The maximum atomic E-state index is 12.7. The molecular weight excluding hydrogens is 466 g/mol. The third-order valence-electron chi connectivity index (χ3n) is 5.32. The minimum absolute atomic E-state index is 0. The molecule has 196 valence electrons. The molecule has 0 aliphatic carbocycles. The van der Waals surface area contributed by atoms with Crippen molar-refractivity contribution >= 4 is 24.0 Å². The SMILES string of the molecule is CC(C)c1nn(CC(=O)Nc2ccc(=N)n(C=N)c2)c(=O)cc1OC1CCN(C(=O)OC(C)(C)C)C1.[HH]. The Balaban J connectivity index is 0.00000481. The van der Waals surface area contributed by atoms with Crippen molar-refractivity contribution in [2.45, 2.75) is 65.2 Å². The van der Waals surface area contributed by atoms with Gasteiger partial charge in [0.2, 0.25) is 5.91 Å². The Morgan fingerprint density at radius 3 is 2.69 bits per heavy atom. The van der Waals surface area contributed by atoms with Gasteiger partial charge in [-0.1, -0.05) is 13.8 Å². The van der Waals surface area contributed by atoms with Crippen LogP contribution in [0.25, 0.3) is 0 Å². The number of carbonyl (C=O) groups excluding carboxylic acids is 2. The quantitative estimate of drug-likeness (QED) is 0.391. The number of nitrogens with one attached hydrogen (secondary N) is 3. The summed E-state index contributed by atoms with van der Waals surface area (Å²) >= 11 is 0. The summed E-state index contributed by atoms with van der Waals surface area (Å²) in [6.07, 6.45) is 2.27. The third kappa shape index (κ3) is 6.80. The Labute approximate surface area is 210 Å². The second kappa shape index (κ2) is 10.8. The van der Waals surface area contributed by atoms with E-state index in [9.17, 15) is 14.4 Å². The van der Waals surface area contributed by atoms with E-state index in [0.717, 1.165) is 11.0 Å². The second-order valence-corrected chi connectivity index (χ2v) is 9.89. The number of carbonyl (C=O) groups is 2. The molecule has 2 amide bonds. The number of aromatic nitrogens is 3. The largest absolute Gasteiger partial charge is 0.486 e. The normalized spacial score (nSPS) is 15.6. The van der Waals surface area contributed by atoms with Crippen LogP contribution in [0, 0.1) is 10.8 Å². The van der Waals surface area contributed by atoms with Crippen LogP contribution in [0.4, 0.5) is 10.5 Å². The number of nitrogens with zero attached hydrogens (tertiary/aromatic N) is 4. The minimum Gasteiger partial charge on any atom is -0.486 e. The lowest BCUT2D eigenvalue weighted by molar-refractivity contribution is -0.117. The molecule has 0 spiro atoms. The predicted octanol–water partition coefficient (Wildman–Crippen LogP) is 2.38. The van der Waals surface area contributed by atoms with Gasteiger partial charge in [-0.15, -0.1) is 0 Å². The van der Waals surface area contributed by atoms with E-state index in [2.05, 4.69) is 10.4 Å². The van der Waals surface area contributed by atoms with Gasteiger partial charge in [0.25, 0.3) is 5.56 Å². The van der Waals surface area contributed by atoms with Crippen LogP contribution >= 0.6 is 0 Å². The van der Waals surface area contributed by atoms with E-state index in [1.165, 1.54) is 29.0 Å². The molecule has 0 bridgehead atoms. The van der Waals surface area contributed by atoms with Crippen LogP contribution in [0.3, 0.4) is 0 Å². The molecule has 0 saturated carbocycles. The number of ether oxygens (including phenoxy) is 2. The van der Waals surface area contributed by atoms with Crippen molar-refractivity contribution in [2.24, 2.45) is 0 Å². The minimum atomic E-state index is -0.589. The fourth-order valence-corrected chi connectivity index (χ4v) is 3.63. The van der Waals surface area contributed by atoms with Crippen LogP contribution in [0.5, 0.6) is 5.75 Å². The van der Waals surface area contributed by atoms with Gasteiger partial charge in [0.05, 0.1) is 18.6 Å². The van der Waals surface area contributed by atoms with Crippen LogP contribution in [-0.4, -0.2) is 62.4 Å². The van der Waals surface area contributed by atoms with Crippen molar-refractivity contribution in [1.29, 1.82) is 10.8 Å². The first kappa shape index (κ1) is 26.6. The van der Waals surface area contributed by atoms with Gasteiger partial charge < -0.3 is 19.7 Å². The first-order valence-electron chi connectivity index (χ1n) is 11.7. The van der Waals surface area contributed by atoms with Crippen molar-refractivity contribution in [1.82, 2.24) is 19.2 Å². The number of hydrogen-bond acceptors (Lipinski definition) is 8. The first-order valence-corrected chi connectivity index (χ1v) is 11.7. The van der Waals surface area contributed by atoms with E-state index in [1.807, 2.05) is 34.6 Å². The smallest absolute Gasteiger partial charge is 0.410 e. The highest BCUT2D eigenvalue weighted by Gasteiger charge is 2.31. The Morgan fingerprint density at radius 2 is 2.06 bits per heavy atom. The molecule has 2 aromatic rings. The van der Waals surface area contributed by atoms with E-state index in [4.69, 9.17) is 20.3 Å². The average Bonchev–Trinajstić information content (AvgIpc) is 3.24. The monoisotopic (exact) mass is 501 g/mol. The molecule has 3 N–H and O–H groups in total. The lowest BCUT2D eigenvalue weighted by Gasteiger charge is -2.24. The fourth-order valence-electron chi connectivity index (χ4n) is 3.63. The maximum Gasteiger partial charge on any atom is 0.410 e. The van der Waals surface area contributed by atoms with Crippen LogP contribution in [0.1, 0.15) is 54.1 Å². The molecule has 3 rings (SSSR count). The van der Waals surface area contributed by atoms with Crippen LogP contribution in [-0.2, 0) is 16.1 Å². The topological polar surface area (TPSA) is 155 Å². The van der Waals surface area contributed by atoms with E-state index >= 15 is 0 Å². The van der Waals surface area contributed by atoms with Crippen LogP contribution in [0.15, 0.2) is 29.2 Å². The van der Waals surface area contributed by atoms with Crippen molar-refractivity contribution in [2.75, 3.05) is 18.4 Å².